The first kappa shape index (κ1) is 14.2. The number of benzene rings is 2. The van der Waals surface area contributed by atoms with Gasteiger partial charge < -0.3 is 9.47 Å². The lowest BCUT2D eigenvalue weighted by atomic mass is 10.0. The van der Waals surface area contributed by atoms with Gasteiger partial charge in [-0.3, -0.25) is 0 Å². The zero-order chi connectivity index (χ0) is 13.8. The maximum Gasteiger partial charge on any atom is 0.125 e. The fourth-order valence-electron chi connectivity index (χ4n) is 1.85. The van der Waals surface area contributed by atoms with E-state index in [1.165, 1.54) is 0 Å². The van der Waals surface area contributed by atoms with E-state index in [-0.39, 0.29) is 5.38 Å². The van der Waals surface area contributed by atoms with Gasteiger partial charge in [-0.1, -0.05) is 34.1 Å². The molecule has 0 fully saturated rings. The average Bonchev–Trinajstić information content (AvgIpc) is 2.46. The summed E-state index contributed by atoms with van der Waals surface area (Å²) in [5, 5.41) is -0.256. The molecule has 0 amide bonds. The molecule has 0 radical (unpaired) electrons. The van der Waals surface area contributed by atoms with Gasteiger partial charge in [0.2, 0.25) is 0 Å². The average molecular weight is 342 g/mol. The number of alkyl halides is 1. The van der Waals surface area contributed by atoms with Gasteiger partial charge in [0.05, 0.1) is 19.6 Å². The van der Waals surface area contributed by atoms with Crippen LogP contribution < -0.4 is 9.47 Å². The summed E-state index contributed by atoms with van der Waals surface area (Å²) in [5.74, 6) is 1.58. The number of methoxy groups -OCH3 is 2. The molecule has 100 valence electrons. The summed E-state index contributed by atoms with van der Waals surface area (Å²) in [7, 11) is 3.29. The number of ether oxygens (including phenoxy) is 2. The Labute approximate surface area is 126 Å². The molecule has 1 atom stereocenters. The summed E-state index contributed by atoms with van der Waals surface area (Å²) in [6.07, 6.45) is 0. The minimum Gasteiger partial charge on any atom is -0.497 e. The number of hydrogen-bond acceptors (Lipinski definition) is 2. The van der Waals surface area contributed by atoms with Crippen molar-refractivity contribution in [2.75, 3.05) is 14.2 Å². The van der Waals surface area contributed by atoms with Crippen molar-refractivity contribution in [1.82, 2.24) is 0 Å². The zero-order valence-corrected chi connectivity index (χ0v) is 13.0. The first-order valence-electron chi connectivity index (χ1n) is 5.77. The van der Waals surface area contributed by atoms with Crippen LogP contribution in [0.5, 0.6) is 11.5 Å². The van der Waals surface area contributed by atoms with Crippen molar-refractivity contribution in [3.63, 3.8) is 0 Å². The standard InChI is InChI=1S/C15H14BrClO2/c1-18-12-6-3-10(4-7-12)15(17)13-8-5-11(16)9-14(13)19-2/h3-9,15H,1-2H3. The Bertz CT molecular complexity index is 555. The summed E-state index contributed by atoms with van der Waals surface area (Å²) in [5.41, 5.74) is 1.95. The van der Waals surface area contributed by atoms with Gasteiger partial charge in [-0.25, -0.2) is 0 Å². The van der Waals surface area contributed by atoms with Gasteiger partial charge in [0.15, 0.2) is 0 Å². The minimum absolute atomic E-state index is 0.256. The van der Waals surface area contributed by atoms with Crippen molar-refractivity contribution >= 4 is 27.5 Å². The van der Waals surface area contributed by atoms with Crippen LogP contribution in [0.25, 0.3) is 0 Å². The van der Waals surface area contributed by atoms with Crippen LogP contribution in [0.1, 0.15) is 16.5 Å². The lowest BCUT2D eigenvalue weighted by Crippen LogP contribution is -1.97. The van der Waals surface area contributed by atoms with Crippen LogP contribution in [0.15, 0.2) is 46.9 Å². The number of hydrogen-bond donors (Lipinski definition) is 0. The Morgan fingerprint density at radius 3 is 2.26 bits per heavy atom. The maximum absolute atomic E-state index is 6.53. The van der Waals surface area contributed by atoms with Gasteiger partial charge in [0.25, 0.3) is 0 Å². The highest BCUT2D eigenvalue weighted by molar-refractivity contribution is 9.10. The monoisotopic (exact) mass is 340 g/mol. The molecule has 0 spiro atoms. The normalized spacial score (nSPS) is 12.0. The lowest BCUT2D eigenvalue weighted by Gasteiger charge is -2.15. The summed E-state index contributed by atoms with van der Waals surface area (Å²) < 4.78 is 11.5. The van der Waals surface area contributed by atoms with Crippen molar-refractivity contribution in [2.45, 2.75) is 5.38 Å². The van der Waals surface area contributed by atoms with Crippen LogP contribution in [-0.2, 0) is 0 Å². The van der Waals surface area contributed by atoms with Crippen LogP contribution in [0.2, 0.25) is 0 Å². The molecule has 0 aromatic heterocycles. The van der Waals surface area contributed by atoms with Crippen molar-refractivity contribution in [3.8, 4) is 11.5 Å². The van der Waals surface area contributed by atoms with Gasteiger partial charge in [-0.2, -0.15) is 0 Å². The van der Waals surface area contributed by atoms with Crippen molar-refractivity contribution in [1.29, 1.82) is 0 Å². The van der Waals surface area contributed by atoms with Crippen LogP contribution >= 0.6 is 27.5 Å². The van der Waals surface area contributed by atoms with E-state index in [4.69, 9.17) is 21.1 Å². The number of rotatable bonds is 4. The smallest absolute Gasteiger partial charge is 0.125 e. The number of halogens is 2. The zero-order valence-electron chi connectivity index (χ0n) is 10.7. The van der Waals surface area contributed by atoms with E-state index in [9.17, 15) is 0 Å². The summed E-state index contributed by atoms with van der Waals surface area (Å²) in [4.78, 5) is 0. The molecule has 2 nitrogen and oxygen atoms in total. The Kier molecular flexibility index (Phi) is 4.72. The van der Waals surface area contributed by atoms with E-state index in [1.54, 1.807) is 14.2 Å². The summed E-state index contributed by atoms with van der Waals surface area (Å²) in [6.45, 7) is 0. The molecule has 0 saturated carbocycles. The van der Waals surface area contributed by atoms with Crippen molar-refractivity contribution < 1.29 is 9.47 Å². The van der Waals surface area contributed by atoms with E-state index >= 15 is 0 Å². The molecule has 2 rings (SSSR count). The first-order chi connectivity index (χ1) is 9.15. The highest BCUT2D eigenvalue weighted by Crippen LogP contribution is 2.36. The van der Waals surface area contributed by atoms with E-state index in [0.717, 1.165) is 27.1 Å². The molecule has 2 aromatic carbocycles. The van der Waals surface area contributed by atoms with E-state index in [2.05, 4.69) is 15.9 Å². The molecule has 0 N–H and O–H groups in total. The molecule has 0 bridgehead atoms. The lowest BCUT2D eigenvalue weighted by molar-refractivity contribution is 0.409. The Morgan fingerprint density at radius 1 is 1.00 bits per heavy atom. The molecule has 19 heavy (non-hydrogen) atoms. The molecular weight excluding hydrogens is 328 g/mol. The van der Waals surface area contributed by atoms with Gasteiger partial charge in [-0.15, -0.1) is 11.6 Å². The van der Waals surface area contributed by atoms with E-state index < -0.39 is 0 Å². The molecule has 0 aliphatic heterocycles. The third-order valence-corrected chi connectivity index (χ3v) is 3.86. The minimum atomic E-state index is -0.256. The first-order valence-corrected chi connectivity index (χ1v) is 7.00. The fraction of sp³-hybridized carbons (Fsp3) is 0.200. The molecule has 0 heterocycles. The predicted molar refractivity (Wildman–Crippen MR) is 81.4 cm³/mol. The highest BCUT2D eigenvalue weighted by atomic mass is 79.9. The second-order valence-corrected chi connectivity index (χ2v) is 5.37. The van der Waals surface area contributed by atoms with Crippen LogP contribution in [-0.4, -0.2) is 14.2 Å². The van der Waals surface area contributed by atoms with Crippen LogP contribution in [0, 0.1) is 0 Å². The molecule has 0 aliphatic rings. The van der Waals surface area contributed by atoms with Crippen molar-refractivity contribution in [2.24, 2.45) is 0 Å². The highest BCUT2D eigenvalue weighted by Gasteiger charge is 2.16. The predicted octanol–water partition coefficient (Wildman–Crippen LogP) is 4.79. The van der Waals surface area contributed by atoms with E-state index in [1.807, 2.05) is 42.5 Å². The summed E-state index contributed by atoms with van der Waals surface area (Å²) >= 11 is 9.95. The Balaban J connectivity index is 2.34. The van der Waals surface area contributed by atoms with Crippen LogP contribution in [0.4, 0.5) is 0 Å². The maximum atomic E-state index is 6.53. The second-order valence-electron chi connectivity index (χ2n) is 4.02. The van der Waals surface area contributed by atoms with Gasteiger partial charge in [-0.05, 0) is 29.8 Å². The quantitative estimate of drug-likeness (QED) is 0.744. The van der Waals surface area contributed by atoms with Gasteiger partial charge in [0, 0.05) is 10.0 Å². The van der Waals surface area contributed by atoms with Gasteiger partial charge >= 0.3 is 0 Å². The topological polar surface area (TPSA) is 18.5 Å². The Hall–Kier alpha value is -1.19. The third kappa shape index (κ3) is 3.23. The SMILES string of the molecule is COc1ccc(C(Cl)c2ccc(Br)cc2OC)cc1. The molecule has 2 aromatic rings. The molecule has 4 heteroatoms. The van der Waals surface area contributed by atoms with Crippen LogP contribution in [0.3, 0.4) is 0 Å². The largest absolute Gasteiger partial charge is 0.497 e. The molecular formula is C15H14BrClO2. The van der Waals surface area contributed by atoms with Crippen molar-refractivity contribution in [3.05, 3.63) is 58.1 Å². The fourth-order valence-corrected chi connectivity index (χ4v) is 2.51. The third-order valence-electron chi connectivity index (χ3n) is 2.88. The summed E-state index contributed by atoms with van der Waals surface area (Å²) in [6, 6.07) is 13.5. The second kappa shape index (κ2) is 6.31. The van der Waals surface area contributed by atoms with Gasteiger partial charge in [0.1, 0.15) is 11.5 Å². The Morgan fingerprint density at radius 2 is 1.68 bits per heavy atom. The molecule has 1 unspecified atom stereocenters. The van der Waals surface area contributed by atoms with E-state index in [0.29, 0.717) is 0 Å². The molecule has 0 saturated heterocycles. The molecule has 0 aliphatic carbocycles.